The number of benzene rings is 1. The predicted molar refractivity (Wildman–Crippen MR) is 81.7 cm³/mol. The third-order valence-electron chi connectivity index (χ3n) is 2.32. The van der Waals surface area contributed by atoms with E-state index in [-0.39, 0.29) is 4.90 Å². The average Bonchev–Trinajstić information content (AvgIpc) is 2.72. The van der Waals surface area contributed by atoms with Gasteiger partial charge in [-0.1, -0.05) is 27.5 Å². The van der Waals surface area contributed by atoms with Crippen molar-refractivity contribution in [1.82, 2.24) is 4.98 Å². The van der Waals surface area contributed by atoms with E-state index >= 15 is 0 Å². The van der Waals surface area contributed by atoms with Crippen LogP contribution in [0.5, 0.6) is 0 Å². The summed E-state index contributed by atoms with van der Waals surface area (Å²) in [6.07, 6.45) is 2.85. The second-order valence-electron chi connectivity index (χ2n) is 3.85. The van der Waals surface area contributed by atoms with Crippen LogP contribution in [0.4, 0.5) is 5.69 Å². The molecule has 0 saturated heterocycles. The summed E-state index contributed by atoms with van der Waals surface area (Å²) in [5, 5.41) is 3.09. The summed E-state index contributed by atoms with van der Waals surface area (Å²) >= 11 is 10.4. The maximum Gasteiger partial charge on any atom is 0.183 e. The molecule has 2 rings (SSSR count). The largest absolute Gasteiger partial charge is 0.379 e. The highest BCUT2D eigenvalue weighted by Crippen LogP contribution is 2.26. The third kappa shape index (κ3) is 3.92. The first-order chi connectivity index (χ1) is 8.86. The highest BCUT2D eigenvalue weighted by Gasteiger charge is 2.14. The highest BCUT2D eigenvalue weighted by molar-refractivity contribution is 9.10. The standard InChI is InChI=1S/C11H10BrClN2O2S2/c1-19(16,17)10-4-7(12)2-3-9(10)14-5-8-6-15-11(13)18-8/h2-4,6,14H,5H2,1H3. The van der Waals surface area contributed by atoms with Gasteiger partial charge in [-0.2, -0.15) is 0 Å². The maximum absolute atomic E-state index is 11.7. The Labute approximate surface area is 128 Å². The lowest BCUT2D eigenvalue weighted by Gasteiger charge is -2.10. The predicted octanol–water partition coefficient (Wildman–Crippen LogP) is 3.57. The Hall–Kier alpha value is -0.630. The van der Waals surface area contributed by atoms with Gasteiger partial charge in [-0.25, -0.2) is 13.4 Å². The molecule has 1 heterocycles. The Morgan fingerprint density at radius 1 is 1.47 bits per heavy atom. The summed E-state index contributed by atoms with van der Waals surface area (Å²) < 4.78 is 24.6. The van der Waals surface area contributed by atoms with Gasteiger partial charge in [0.2, 0.25) is 0 Å². The number of hydrogen-bond donors (Lipinski definition) is 1. The zero-order valence-corrected chi connectivity index (χ0v) is 13.8. The molecule has 0 unspecified atom stereocenters. The van der Waals surface area contributed by atoms with Crippen molar-refractivity contribution >= 4 is 54.4 Å². The minimum atomic E-state index is -3.29. The molecule has 2 aromatic rings. The van der Waals surface area contributed by atoms with E-state index in [2.05, 4.69) is 26.2 Å². The van der Waals surface area contributed by atoms with Gasteiger partial charge in [0, 0.05) is 21.8 Å². The van der Waals surface area contributed by atoms with Crippen LogP contribution in [0.2, 0.25) is 4.47 Å². The lowest BCUT2D eigenvalue weighted by atomic mass is 10.3. The van der Waals surface area contributed by atoms with Crippen LogP contribution in [0.15, 0.2) is 33.8 Å². The number of anilines is 1. The molecule has 1 aromatic carbocycles. The Morgan fingerprint density at radius 2 is 2.21 bits per heavy atom. The second-order valence-corrected chi connectivity index (χ2v) is 8.44. The van der Waals surface area contributed by atoms with E-state index in [1.165, 1.54) is 17.6 Å². The maximum atomic E-state index is 11.7. The first kappa shape index (κ1) is 14.8. The molecule has 1 aromatic heterocycles. The van der Waals surface area contributed by atoms with Gasteiger partial charge >= 0.3 is 0 Å². The molecule has 1 N–H and O–H groups in total. The Bertz CT molecular complexity index is 700. The van der Waals surface area contributed by atoms with Gasteiger partial charge in [-0.15, -0.1) is 11.3 Å². The number of nitrogens with zero attached hydrogens (tertiary/aromatic N) is 1. The van der Waals surface area contributed by atoms with Gasteiger partial charge in [0.15, 0.2) is 14.3 Å². The van der Waals surface area contributed by atoms with E-state index in [0.717, 1.165) is 9.35 Å². The van der Waals surface area contributed by atoms with Gasteiger partial charge in [-0.3, -0.25) is 0 Å². The number of halogens is 2. The molecule has 0 saturated carbocycles. The van der Waals surface area contributed by atoms with Crippen LogP contribution in [-0.4, -0.2) is 19.7 Å². The quantitative estimate of drug-likeness (QED) is 0.879. The first-order valence-corrected chi connectivity index (χ1v) is 9.08. The molecule has 0 aliphatic rings. The number of rotatable bonds is 4. The Morgan fingerprint density at radius 3 is 2.79 bits per heavy atom. The third-order valence-corrected chi connectivity index (χ3v) is 5.07. The van der Waals surface area contributed by atoms with Crippen molar-refractivity contribution in [3.8, 4) is 0 Å². The molecule has 0 spiro atoms. The van der Waals surface area contributed by atoms with Crippen molar-refractivity contribution in [2.45, 2.75) is 11.4 Å². The van der Waals surface area contributed by atoms with Crippen molar-refractivity contribution in [3.05, 3.63) is 38.2 Å². The number of hydrogen-bond acceptors (Lipinski definition) is 5. The van der Waals surface area contributed by atoms with Gasteiger partial charge in [0.25, 0.3) is 0 Å². The van der Waals surface area contributed by atoms with Crippen LogP contribution in [-0.2, 0) is 16.4 Å². The summed E-state index contributed by atoms with van der Waals surface area (Å²) in [7, 11) is -3.29. The molecule has 0 amide bonds. The minimum Gasteiger partial charge on any atom is -0.379 e. The summed E-state index contributed by atoms with van der Waals surface area (Å²) in [5.74, 6) is 0. The van der Waals surface area contributed by atoms with Gasteiger partial charge in [0.05, 0.1) is 17.1 Å². The lowest BCUT2D eigenvalue weighted by Crippen LogP contribution is -2.05. The van der Waals surface area contributed by atoms with E-state index in [9.17, 15) is 8.42 Å². The van der Waals surface area contributed by atoms with E-state index < -0.39 is 9.84 Å². The van der Waals surface area contributed by atoms with Crippen LogP contribution in [0.3, 0.4) is 0 Å². The van der Waals surface area contributed by atoms with Gasteiger partial charge < -0.3 is 5.32 Å². The molecular weight excluding hydrogens is 372 g/mol. The van der Waals surface area contributed by atoms with Crippen LogP contribution in [0, 0.1) is 0 Å². The molecule has 0 bridgehead atoms. The molecule has 0 radical (unpaired) electrons. The Balaban J connectivity index is 2.25. The normalized spacial score (nSPS) is 11.5. The fourth-order valence-corrected chi connectivity index (χ4v) is 3.81. The van der Waals surface area contributed by atoms with Gasteiger partial charge in [-0.05, 0) is 18.2 Å². The minimum absolute atomic E-state index is 0.262. The molecule has 0 atom stereocenters. The summed E-state index contributed by atoms with van der Waals surface area (Å²) in [6, 6.07) is 5.09. The highest BCUT2D eigenvalue weighted by atomic mass is 79.9. The average molecular weight is 382 g/mol. The molecule has 0 fully saturated rings. The van der Waals surface area contributed by atoms with Crippen molar-refractivity contribution in [3.63, 3.8) is 0 Å². The molecule has 0 aliphatic heterocycles. The van der Waals surface area contributed by atoms with Crippen molar-refractivity contribution in [2.24, 2.45) is 0 Å². The zero-order chi connectivity index (χ0) is 14.0. The van der Waals surface area contributed by atoms with Crippen LogP contribution < -0.4 is 5.32 Å². The molecule has 4 nitrogen and oxygen atoms in total. The van der Waals surface area contributed by atoms with E-state index in [1.54, 1.807) is 24.4 Å². The SMILES string of the molecule is CS(=O)(=O)c1cc(Br)ccc1NCc1cnc(Cl)s1. The van der Waals surface area contributed by atoms with Crippen molar-refractivity contribution < 1.29 is 8.42 Å². The summed E-state index contributed by atoms with van der Waals surface area (Å²) in [6.45, 7) is 0.481. The summed E-state index contributed by atoms with van der Waals surface area (Å²) in [5.41, 5.74) is 0.565. The number of thiazole rings is 1. The van der Waals surface area contributed by atoms with E-state index in [0.29, 0.717) is 16.7 Å². The van der Waals surface area contributed by atoms with Crippen LogP contribution >= 0.6 is 38.9 Å². The molecule has 8 heteroatoms. The fraction of sp³-hybridized carbons (Fsp3) is 0.182. The first-order valence-electron chi connectivity index (χ1n) is 5.20. The van der Waals surface area contributed by atoms with Crippen LogP contribution in [0.25, 0.3) is 0 Å². The number of nitrogens with one attached hydrogen (secondary N) is 1. The van der Waals surface area contributed by atoms with Crippen molar-refractivity contribution in [1.29, 1.82) is 0 Å². The van der Waals surface area contributed by atoms with E-state index in [1.807, 2.05) is 0 Å². The molecule has 0 aliphatic carbocycles. The topological polar surface area (TPSA) is 59.1 Å². The lowest BCUT2D eigenvalue weighted by molar-refractivity contribution is 0.602. The van der Waals surface area contributed by atoms with E-state index in [4.69, 9.17) is 11.6 Å². The number of sulfone groups is 1. The van der Waals surface area contributed by atoms with Crippen LogP contribution in [0.1, 0.15) is 4.88 Å². The molecule has 102 valence electrons. The number of aromatic nitrogens is 1. The van der Waals surface area contributed by atoms with Gasteiger partial charge in [0.1, 0.15) is 0 Å². The molecule has 19 heavy (non-hydrogen) atoms. The Kier molecular flexibility index (Phi) is 4.50. The smallest absolute Gasteiger partial charge is 0.183 e. The molecular formula is C11H10BrClN2O2S2. The van der Waals surface area contributed by atoms with Crippen molar-refractivity contribution in [2.75, 3.05) is 11.6 Å². The fourth-order valence-electron chi connectivity index (χ4n) is 1.50. The monoisotopic (exact) mass is 380 g/mol. The summed E-state index contributed by atoms with van der Waals surface area (Å²) in [4.78, 5) is 5.13. The second kappa shape index (κ2) is 5.78. The zero-order valence-electron chi connectivity index (χ0n) is 9.85.